The standard InChI is InChI=1S/C16H19NO2/c1-12-4-3-11-17-16(12)15(18)10-7-13-5-8-14(19-2)9-6-13/h3-6,8-9,11,15,18H,7,10H2,1-2H3. The van der Waals surface area contributed by atoms with Crippen molar-refractivity contribution in [3.8, 4) is 5.75 Å². The highest BCUT2D eigenvalue weighted by molar-refractivity contribution is 5.27. The van der Waals surface area contributed by atoms with E-state index in [0.29, 0.717) is 6.42 Å². The molecule has 3 nitrogen and oxygen atoms in total. The number of aromatic nitrogens is 1. The Kier molecular flexibility index (Phi) is 4.53. The van der Waals surface area contributed by atoms with Crippen molar-refractivity contribution in [1.82, 2.24) is 4.98 Å². The Morgan fingerprint density at radius 1 is 1.21 bits per heavy atom. The molecular formula is C16H19NO2. The molecule has 1 aromatic heterocycles. The number of aliphatic hydroxyl groups excluding tert-OH is 1. The second-order valence-electron chi connectivity index (χ2n) is 4.61. The van der Waals surface area contributed by atoms with Crippen LogP contribution < -0.4 is 4.74 Å². The van der Waals surface area contributed by atoms with E-state index in [1.165, 1.54) is 5.56 Å². The molecule has 0 spiro atoms. The van der Waals surface area contributed by atoms with Gasteiger partial charge >= 0.3 is 0 Å². The fourth-order valence-corrected chi connectivity index (χ4v) is 2.08. The zero-order valence-electron chi connectivity index (χ0n) is 11.3. The van der Waals surface area contributed by atoms with Gasteiger partial charge in [0.1, 0.15) is 5.75 Å². The fourth-order valence-electron chi connectivity index (χ4n) is 2.08. The number of pyridine rings is 1. The Morgan fingerprint density at radius 2 is 1.95 bits per heavy atom. The number of ether oxygens (including phenoxy) is 1. The molecule has 1 heterocycles. The van der Waals surface area contributed by atoms with E-state index in [9.17, 15) is 5.11 Å². The lowest BCUT2D eigenvalue weighted by Crippen LogP contribution is -2.04. The summed E-state index contributed by atoms with van der Waals surface area (Å²) in [6, 6.07) is 11.8. The van der Waals surface area contributed by atoms with E-state index in [1.807, 2.05) is 43.3 Å². The quantitative estimate of drug-likeness (QED) is 0.895. The lowest BCUT2D eigenvalue weighted by Gasteiger charge is -2.12. The highest BCUT2D eigenvalue weighted by atomic mass is 16.5. The van der Waals surface area contributed by atoms with Crippen LogP contribution in [0.2, 0.25) is 0 Å². The van der Waals surface area contributed by atoms with Crippen molar-refractivity contribution in [3.05, 3.63) is 59.4 Å². The van der Waals surface area contributed by atoms with Crippen molar-refractivity contribution >= 4 is 0 Å². The number of nitrogens with zero attached hydrogens (tertiary/aromatic N) is 1. The van der Waals surface area contributed by atoms with Crippen molar-refractivity contribution in [2.75, 3.05) is 7.11 Å². The van der Waals surface area contributed by atoms with E-state index >= 15 is 0 Å². The Hall–Kier alpha value is -1.87. The summed E-state index contributed by atoms with van der Waals surface area (Å²) < 4.78 is 5.12. The molecule has 1 N–H and O–H groups in total. The van der Waals surface area contributed by atoms with Gasteiger partial charge in [0, 0.05) is 6.20 Å². The summed E-state index contributed by atoms with van der Waals surface area (Å²) in [7, 11) is 1.66. The van der Waals surface area contributed by atoms with Crippen LogP contribution in [0.5, 0.6) is 5.75 Å². The highest BCUT2D eigenvalue weighted by Crippen LogP contribution is 2.21. The van der Waals surface area contributed by atoms with Crippen LogP contribution in [-0.2, 0) is 6.42 Å². The highest BCUT2D eigenvalue weighted by Gasteiger charge is 2.11. The van der Waals surface area contributed by atoms with Crippen LogP contribution in [0.1, 0.15) is 29.3 Å². The van der Waals surface area contributed by atoms with Crippen molar-refractivity contribution in [2.24, 2.45) is 0 Å². The Morgan fingerprint density at radius 3 is 2.58 bits per heavy atom. The number of aryl methyl sites for hydroxylation is 2. The molecule has 0 amide bonds. The van der Waals surface area contributed by atoms with E-state index in [-0.39, 0.29) is 0 Å². The molecule has 0 saturated heterocycles. The van der Waals surface area contributed by atoms with Gasteiger partial charge in [-0.3, -0.25) is 4.98 Å². The van der Waals surface area contributed by atoms with Crippen LogP contribution in [-0.4, -0.2) is 17.2 Å². The zero-order valence-corrected chi connectivity index (χ0v) is 11.3. The smallest absolute Gasteiger partial charge is 0.118 e. The summed E-state index contributed by atoms with van der Waals surface area (Å²) in [4.78, 5) is 4.25. The molecule has 1 unspecified atom stereocenters. The average Bonchev–Trinajstić information content (AvgIpc) is 2.46. The SMILES string of the molecule is COc1ccc(CCC(O)c2ncccc2C)cc1. The molecule has 0 bridgehead atoms. The Bertz CT molecular complexity index is 523. The summed E-state index contributed by atoms with van der Waals surface area (Å²) in [5, 5.41) is 10.2. The van der Waals surface area contributed by atoms with Gasteiger partial charge in [-0.15, -0.1) is 0 Å². The summed E-state index contributed by atoms with van der Waals surface area (Å²) in [6.45, 7) is 1.97. The minimum absolute atomic E-state index is 0.511. The molecule has 19 heavy (non-hydrogen) atoms. The molecule has 0 radical (unpaired) electrons. The second kappa shape index (κ2) is 6.34. The molecule has 3 heteroatoms. The van der Waals surface area contributed by atoms with E-state index < -0.39 is 6.10 Å². The summed E-state index contributed by atoms with van der Waals surface area (Å²) >= 11 is 0. The zero-order chi connectivity index (χ0) is 13.7. The number of hydrogen-bond donors (Lipinski definition) is 1. The maximum Gasteiger partial charge on any atom is 0.118 e. The van der Waals surface area contributed by atoms with Gasteiger partial charge in [-0.05, 0) is 49.1 Å². The van der Waals surface area contributed by atoms with E-state index in [0.717, 1.165) is 23.4 Å². The van der Waals surface area contributed by atoms with Gasteiger partial charge in [0.2, 0.25) is 0 Å². The first-order chi connectivity index (χ1) is 9.20. The lowest BCUT2D eigenvalue weighted by atomic mass is 10.0. The predicted molar refractivity (Wildman–Crippen MR) is 75.2 cm³/mol. The molecule has 2 rings (SSSR count). The maximum atomic E-state index is 10.2. The molecular weight excluding hydrogens is 238 g/mol. The van der Waals surface area contributed by atoms with Crippen molar-refractivity contribution in [2.45, 2.75) is 25.9 Å². The molecule has 0 saturated carbocycles. The summed E-state index contributed by atoms with van der Waals surface area (Å²) in [6.07, 6.45) is 2.70. The second-order valence-corrected chi connectivity index (χ2v) is 4.61. The van der Waals surface area contributed by atoms with E-state index in [2.05, 4.69) is 4.98 Å². The minimum atomic E-state index is -0.511. The van der Waals surface area contributed by atoms with Crippen molar-refractivity contribution < 1.29 is 9.84 Å². The number of rotatable bonds is 5. The maximum absolute atomic E-state index is 10.2. The number of methoxy groups -OCH3 is 1. The Labute approximate surface area is 113 Å². The van der Waals surface area contributed by atoms with Crippen LogP contribution >= 0.6 is 0 Å². The largest absolute Gasteiger partial charge is 0.497 e. The fraction of sp³-hybridized carbons (Fsp3) is 0.312. The van der Waals surface area contributed by atoms with E-state index in [1.54, 1.807) is 13.3 Å². The molecule has 0 fully saturated rings. The van der Waals surface area contributed by atoms with Crippen LogP contribution in [0, 0.1) is 6.92 Å². The predicted octanol–water partition coefficient (Wildman–Crippen LogP) is 3.06. The van der Waals surface area contributed by atoms with Crippen molar-refractivity contribution in [3.63, 3.8) is 0 Å². The molecule has 0 aliphatic heterocycles. The summed E-state index contributed by atoms with van der Waals surface area (Å²) in [5.74, 6) is 0.852. The third kappa shape index (κ3) is 3.55. The number of aliphatic hydroxyl groups is 1. The monoisotopic (exact) mass is 257 g/mol. The molecule has 2 aromatic rings. The van der Waals surface area contributed by atoms with Crippen LogP contribution in [0.15, 0.2) is 42.6 Å². The summed E-state index contributed by atoms with van der Waals surface area (Å²) in [5.41, 5.74) is 2.99. The van der Waals surface area contributed by atoms with Gasteiger partial charge < -0.3 is 9.84 Å². The van der Waals surface area contributed by atoms with E-state index in [4.69, 9.17) is 4.74 Å². The third-order valence-electron chi connectivity index (χ3n) is 3.23. The van der Waals surface area contributed by atoms with Gasteiger partial charge in [0.05, 0.1) is 18.9 Å². The molecule has 0 aliphatic carbocycles. The van der Waals surface area contributed by atoms with Crippen LogP contribution in [0.4, 0.5) is 0 Å². The first-order valence-electron chi connectivity index (χ1n) is 6.43. The lowest BCUT2D eigenvalue weighted by molar-refractivity contribution is 0.162. The van der Waals surface area contributed by atoms with Gasteiger partial charge in [-0.2, -0.15) is 0 Å². The molecule has 1 aromatic carbocycles. The minimum Gasteiger partial charge on any atom is -0.497 e. The first-order valence-corrected chi connectivity index (χ1v) is 6.43. The molecule has 1 atom stereocenters. The normalized spacial score (nSPS) is 12.2. The van der Waals surface area contributed by atoms with Gasteiger partial charge in [-0.25, -0.2) is 0 Å². The number of benzene rings is 1. The van der Waals surface area contributed by atoms with Crippen molar-refractivity contribution in [1.29, 1.82) is 0 Å². The van der Waals surface area contributed by atoms with Gasteiger partial charge in [0.15, 0.2) is 0 Å². The first kappa shape index (κ1) is 13.6. The van der Waals surface area contributed by atoms with Gasteiger partial charge in [0.25, 0.3) is 0 Å². The number of hydrogen-bond acceptors (Lipinski definition) is 3. The molecule has 0 aliphatic rings. The third-order valence-corrected chi connectivity index (χ3v) is 3.23. The Balaban J connectivity index is 1.96. The van der Waals surface area contributed by atoms with Crippen LogP contribution in [0.3, 0.4) is 0 Å². The van der Waals surface area contributed by atoms with Gasteiger partial charge in [-0.1, -0.05) is 18.2 Å². The molecule has 100 valence electrons. The van der Waals surface area contributed by atoms with Crippen LogP contribution in [0.25, 0.3) is 0 Å². The topological polar surface area (TPSA) is 42.4 Å². The average molecular weight is 257 g/mol.